The molecule has 1 aliphatic heterocycles. The maximum Gasteiger partial charge on any atom is 0.495 e. The van der Waals surface area contributed by atoms with Crippen LogP contribution in [0.3, 0.4) is 0 Å². The van der Waals surface area contributed by atoms with E-state index in [0.29, 0.717) is 5.56 Å². The lowest BCUT2D eigenvalue weighted by molar-refractivity contribution is 0.00578. The molecule has 0 saturated carbocycles. The molecule has 4 nitrogen and oxygen atoms in total. The van der Waals surface area contributed by atoms with Crippen molar-refractivity contribution in [2.75, 3.05) is 0 Å². The zero-order valence-electron chi connectivity index (χ0n) is 19.5. The molecule has 0 unspecified atom stereocenters. The molecule has 0 radical (unpaired) electrons. The van der Waals surface area contributed by atoms with Crippen molar-refractivity contribution >= 4 is 12.6 Å². The molecular formula is C27H27BN2O2. The number of benzene rings is 2. The third-order valence-electron chi connectivity index (χ3n) is 7.48. The first-order chi connectivity index (χ1) is 15.0. The zero-order valence-corrected chi connectivity index (χ0v) is 19.5. The molecule has 5 heteroatoms. The Morgan fingerprint density at radius 1 is 0.812 bits per heavy atom. The Bertz CT molecular complexity index is 1270. The summed E-state index contributed by atoms with van der Waals surface area (Å²) in [6.45, 7) is 12.7. The summed E-state index contributed by atoms with van der Waals surface area (Å²) in [5.74, 6) is 0. The molecule has 0 atom stereocenters. The summed E-state index contributed by atoms with van der Waals surface area (Å²) in [5, 5.41) is 9.38. The standard InChI is InChI=1S/C27H27BN2O2/c1-25(2)22-10-8-18(14-20(22)19-9-7-17(15-29)13-23(19)25)21-16-30-12-11-24(21)28-31-26(3,4)27(5,6)32-28/h7-14,16H,1-6H3. The van der Waals surface area contributed by atoms with E-state index >= 15 is 0 Å². The van der Waals surface area contributed by atoms with Gasteiger partial charge in [-0.05, 0) is 90.8 Å². The third kappa shape index (κ3) is 2.94. The van der Waals surface area contributed by atoms with E-state index in [-0.39, 0.29) is 5.41 Å². The summed E-state index contributed by atoms with van der Waals surface area (Å²) >= 11 is 0. The molecular weight excluding hydrogens is 395 g/mol. The van der Waals surface area contributed by atoms with Crippen molar-refractivity contribution in [3.63, 3.8) is 0 Å². The molecule has 1 fully saturated rings. The summed E-state index contributed by atoms with van der Waals surface area (Å²) < 4.78 is 12.7. The number of rotatable bonds is 2. The molecule has 0 N–H and O–H groups in total. The van der Waals surface area contributed by atoms with Gasteiger partial charge in [-0.2, -0.15) is 5.26 Å². The van der Waals surface area contributed by atoms with Crippen LogP contribution in [0.1, 0.15) is 58.2 Å². The van der Waals surface area contributed by atoms with Crippen molar-refractivity contribution in [2.45, 2.75) is 58.2 Å². The van der Waals surface area contributed by atoms with Gasteiger partial charge in [0.1, 0.15) is 0 Å². The highest BCUT2D eigenvalue weighted by molar-refractivity contribution is 6.63. The fourth-order valence-corrected chi connectivity index (χ4v) is 4.81. The predicted octanol–water partition coefficient (Wildman–Crippen LogP) is 5.23. The number of nitrogens with zero attached hydrogens (tertiary/aromatic N) is 2. The first kappa shape index (κ1) is 20.9. The van der Waals surface area contributed by atoms with Crippen molar-refractivity contribution in [1.82, 2.24) is 4.98 Å². The van der Waals surface area contributed by atoms with Gasteiger partial charge in [0.2, 0.25) is 0 Å². The third-order valence-corrected chi connectivity index (χ3v) is 7.48. The van der Waals surface area contributed by atoms with Crippen molar-refractivity contribution < 1.29 is 9.31 Å². The van der Waals surface area contributed by atoms with Gasteiger partial charge in [0, 0.05) is 17.8 Å². The number of aromatic nitrogens is 1. The molecule has 1 saturated heterocycles. The highest BCUT2D eigenvalue weighted by Gasteiger charge is 2.52. The van der Waals surface area contributed by atoms with Crippen LogP contribution in [0, 0.1) is 11.3 Å². The predicted molar refractivity (Wildman–Crippen MR) is 128 cm³/mol. The van der Waals surface area contributed by atoms with Gasteiger partial charge in [-0.1, -0.05) is 32.0 Å². The van der Waals surface area contributed by atoms with Gasteiger partial charge in [-0.25, -0.2) is 0 Å². The quantitative estimate of drug-likeness (QED) is 0.531. The van der Waals surface area contributed by atoms with Crippen LogP contribution in [-0.4, -0.2) is 23.3 Å². The molecule has 160 valence electrons. The van der Waals surface area contributed by atoms with Crippen LogP contribution in [0.2, 0.25) is 0 Å². The molecule has 3 aromatic rings. The van der Waals surface area contributed by atoms with Gasteiger partial charge in [-0.3, -0.25) is 4.98 Å². The summed E-state index contributed by atoms with van der Waals surface area (Å²) in [6.07, 6.45) is 3.68. The average Bonchev–Trinajstić information content (AvgIpc) is 3.12. The Balaban J connectivity index is 1.62. The number of nitriles is 1. The fourth-order valence-electron chi connectivity index (χ4n) is 4.81. The average molecular weight is 422 g/mol. The Morgan fingerprint density at radius 3 is 2.22 bits per heavy atom. The summed E-state index contributed by atoms with van der Waals surface area (Å²) in [7, 11) is -0.451. The lowest BCUT2D eigenvalue weighted by Gasteiger charge is -2.32. The van der Waals surface area contributed by atoms with Crippen molar-refractivity contribution in [2.24, 2.45) is 0 Å². The number of hydrogen-bond donors (Lipinski definition) is 0. The minimum absolute atomic E-state index is 0.153. The van der Waals surface area contributed by atoms with Gasteiger partial charge < -0.3 is 9.31 Å². The number of hydrogen-bond acceptors (Lipinski definition) is 4. The van der Waals surface area contributed by atoms with E-state index in [1.807, 2.05) is 24.4 Å². The molecule has 0 amide bonds. The van der Waals surface area contributed by atoms with Crippen LogP contribution in [-0.2, 0) is 14.7 Å². The second-order valence-corrected chi connectivity index (χ2v) is 10.3. The molecule has 32 heavy (non-hydrogen) atoms. The highest BCUT2D eigenvalue weighted by Crippen LogP contribution is 2.49. The smallest absolute Gasteiger partial charge is 0.399 e. The van der Waals surface area contributed by atoms with E-state index in [4.69, 9.17) is 9.31 Å². The Labute approximate surface area is 190 Å². The first-order valence-electron chi connectivity index (χ1n) is 11.0. The van der Waals surface area contributed by atoms with E-state index in [1.54, 1.807) is 6.20 Å². The topological polar surface area (TPSA) is 55.1 Å². The van der Waals surface area contributed by atoms with Crippen LogP contribution >= 0.6 is 0 Å². The molecule has 1 aromatic heterocycles. The molecule has 2 aliphatic rings. The van der Waals surface area contributed by atoms with Crippen LogP contribution in [0.15, 0.2) is 54.9 Å². The normalized spacial score (nSPS) is 19.3. The maximum atomic E-state index is 9.38. The van der Waals surface area contributed by atoms with E-state index < -0.39 is 18.3 Å². The van der Waals surface area contributed by atoms with Crippen LogP contribution < -0.4 is 5.46 Å². The second kappa shape index (κ2) is 6.78. The van der Waals surface area contributed by atoms with E-state index in [9.17, 15) is 5.26 Å². The second-order valence-electron chi connectivity index (χ2n) is 10.3. The molecule has 2 heterocycles. The Kier molecular flexibility index (Phi) is 4.44. The molecule has 2 aromatic carbocycles. The number of pyridine rings is 1. The monoisotopic (exact) mass is 422 g/mol. The zero-order chi connectivity index (χ0) is 22.9. The molecule has 1 aliphatic carbocycles. The largest absolute Gasteiger partial charge is 0.495 e. The van der Waals surface area contributed by atoms with Gasteiger partial charge in [-0.15, -0.1) is 0 Å². The Morgan fingerprint density at radius 2 is 1.53 bits per heavy atom. The van der Waals surface area contributed by atoms with Crippen molar-refractivity contribution in [3.8, 4) is 28.3 Å². The molecule has 5 rings (SSSR count). The number of fused-ring (bicyclic) bond motifs is 3. The van der Waals surface area contributed by atoms with Gasteiger partial charge in [0.05, 0.1) is 22.8 Å². The first-order valence-corrected chi connectivity index (χ1v) is 11.0. The summed E-state index contributed by atoms with van der Waals surface area (Å²) in [6, 6.07) is 16.9. The van der Waals surface area contributed by atoms with E-state index in [2.05, 4.69) is 76.9 Å². The maximum absolute atomic E-state index is 9.38. The van der Waals surface area contributed by atoms with Crippen LogP contribution in [0.5, 0.6) is 0 Å². The highest BCUT2D eigenvalue weighted by atomic mass is 16.7. The van der Waals surface area contributed by atoms with Crippen LogP contribution in [0.25, 0.3) is 22.3 Å². The minimum Gasteiger partial charge on any atom is -0.399 e. The van der Waals surface area contributed by atoms with Gasteiger partial charge >= 0.3 is 7.12 Å². The molecule has 0 bridgehead atoms. The van der Waals surface area contributed by atoms with Gasteiger partial charge in [0.15, 0.2) is 0 Å². The lowest BCUT2D eigenvalue weighted by Crippen LogP contribution is -2.41. The van der Waals surface area contributed by atoms with Crippen molar-refractivity contribution in [3.05, 3.63) is 71.5 Å². The molecule has 0 spiro atoms. The minimum atomic E-state index is -0.451. The van der Waals surface area contributed by atoms with E-state index in [0.717, 1.165) is 16.6 Å². The van der Waals surface area contributed by atoms with Crippen molar-refractivity contribution in [1.29, 1.82) is 5.26 Å². The summed E-state index contributed by atoms with van der Waals surface area (Å²) in [5.41, 5.74) is 7.66. The lowest BCUT2D eigenvalue weighted by atomic mass is 9.75. The fraction of sp³-hybridized carbons (Fsp3) is 0.333. The van der Waals surface area contributed by atoms with E-state index in [1.165, 1.54) is 22.3 Å². The summed E-state index contributed by atoms with van der Waals surface area (Å²) in [4.78, 5) is 4.41. The van der Waals surface area contributed by atoms with Gasteiger partial charge in [0.25, 0.3) is 0 Å². The van der Waals surface area contributed by atoms with Crippen LogP contribution in [0.4, 0.5) is 0 Å². The SMILES string of the molecule is CC1(C)c2ccc(-c3cnccc3B3OC(C)(C)C(C)(C)O3)cc2-c2ccc(C#N)cc21. The Hall–Kier alpha value is -2.94.